The Kier molecular flexibility index (Phi) is 8.35. The molecule has 0 aromatic heterocycles. The Morgan fingerprint density at radius 1 is 1.35 bits per heavy atom. The molecule has 0 saturated heterocycles. The third-order valence-corrected chi connectivity index (χ3v) is 2.69. The van der Waals surface area contributed by atoms with E-state index in [9.17, 15) is 9.59 Å². The summed E-state index contributed by atoms with van der Waals surface area (Å²) in [6.07, 6.45) is 0.332. The first-order valence-corrected chi connectivity index (χ1v) is 5.98. The van der Waals surface area contributed by atoms with E-state index in [-0.39, 0.29) is 12.8 Å². The highest BCUT2D eigenvalue weighted by molar-refractivity contribution is 5.77. The van der Waals surface area contributed by atoms with Gasteiger partial charge in [0, 0.05) is 19.5 Å². The number of carboxylic acids is 1. The van der Waals surface area contributed by atoms with Gasteiger partial charge in [-0.15, -0.1) is 0 Å². The maximum Gasteiger partial charge on any atom is 0.320 e. The molecule has 0 saturated carbocycles. The topological polar surface area (TPSA) is 95.7 Å². The van der Waals surface area contributed by atoms with Gasteiger partial charge in [-0.2, -0.15) is 0 Å². The minimum Gasteiger partial charge on any atom is -0.480 e. The molecular formula is C11H23N3O3. The molecule has 0 fully saturated rings. The van der Waals surface area contributed by atoms with Gasteiger partial charge in [-0.05, 0) is 19.5 Å². The quantitative estimate of drug-likeness (QED) is 0.488. The smallest absolute Gasteiger partial charge is 0.320 e. The van der Waals surface area contributed by atoms with E-state index in [1.807, 2.05) is 0 Å². The van der Waals surface area contributed by atoms with Crippen LogP contribution >= 0.6 is 0 Å². The van der Waals surface area contributed by atoms with E-state index in [0.29, 0.717) is 6.54 Å². The molecule has 0 bridgehead atoms. The maximum absolute atomic E-state index is 10.9. The highest BCUT2D eigenvalue weighted by Crippen LogP contribution is 1.97. The summed E-state index contributed by atoms with van der Waals surface area (Å²) >= 11 is 0. The first-order valence-electron chi connectivity index (χ1n) is 5.98. The van der Waals surface area contributed by atoms with Crippen LogP contribution in [0.1, 0.15) is 26.7 Å². The Morgan fingerprint density at radius 3 is 2.35 bits per heavy atom. The van der Waals surface area contributed by atoms with Gasteiger partial charge >= 0.3 is 5.97 Å². The third-order valence-electron chi connectivity index (χ3n) is 2.69. The number of carbonyl (C=O) groups excluding carboxylic acids is 1. The van der Waals surface area contributed by atoms with Crippen LogP contribution in [0.25, 0.3) is 0 Å². The molecular weight excluding hydrogens is 222 g/mol. The van der Waals surface area contributed by atoms with Gasteiger partial charge in [-0.3, -0.25) is 9.59 Å². The van der Waals surface area contributed by atoms with E-state index in [1.54, 1.807) is 0 Å². The predicted octanol–water partition coefficient (Wildman–Crippen LogP) is -0.363. The zero-order chi connectivity index (χ0) is 13.3. The maximum atomic E-state index is 10.9. The van der Waals surface area contributed by atoms with Crippen molar-refractivity contribution < 1.29 is 14.7 Å². The molecule has 0 spiro atoms. The molecule has 0 aromatic carbocycles. The molecule has 100 valence electrons. The van der Waals surface area contributed by atoms with E-state index in [2.05, 4.69) is 24.1 Å². The number of likely N-dealkylation sites (N-methyl/N-ethyl adjacent to an activating group) is 1. The summed E-state index contributed by atoms with van der Waals surface area (Å²) in [6.45, 7) is 7.40. The molecule has 0 rings (SSSR count). The Morgan fingerprint density at radius 2 is 1.94 bits per heavy atom. The number of carboxylic acid groups (broad SMARTS) is 1. The highest BCUT2D eigenvalue weighted by Gasteiger charge is 2.17. The summed E-state index contributed by atoms with van der Waals surface area (Å²) in [5.41, 5.74) is 4.99. The minimum atomic E-state index is -0.939. The average Bonchev–Trinajstić information content (AvgIpc) is 2.27. The zero-order valence-electron chi connectivity index (χ0n) is 10.6. The molecule has 0 aliphatic rings. The number of hydrogen-bond acceptors (Lipinski definition) is 4. The summed E-state index contributed by atoms with van der Waals surface area (Å²) in [7, 11) is 0. The third kappa shape index (κ3) is 7.70. The Bertz CT molecular complexity index is 242. The van der Waals surface area contributed by atoms with Crippen molar-refractivity contribution in [3.8, 4) is 0 Å². The van der Waals surface area contributed by atoms with Gasteiger partial charge in [-0.25, -0.2) is 0 Å². The molecule has 0 aliphatic carbocycles. The zero-order valence-corrected chi connectivity index (χ0v) is 10.6. The number of rotatable bonds is 10. The lowest BCUT2D eigenvalue weighted by Crippen LogP contribution is -2.41. The Balaban J connectivity index is 3.92. The molecule has 0 aromatic rings. The van der Waals surface area contributed by atoms with Crippen LogP contribution in [-0.2, 0) is 9.59 Å². The molecule has 6 heteroatoms. The lowest BCUT2D eigenvalue weighted by molar-refractivity contribution is -0.139. The number of carbonyl (C=O) groups is 2. The van der Waals surface area contributed by atoms with Crippen molar-refractivity contribution in [2.24, 2.45) is 5.73 Å². The SMILES string of the molecule is CCN(CC)CCN[C@@H](CCC(N)=O)C(=O)O. The van der Waals surface area contributed by atoms with Gasteiger partial charge in [-0.1, -0.05) is 13.8 Å². The first-order chi connectivity index (χ1) is 8.01. The standard InChI is InChI=1S/C11H23N3O3/c1-3-14(4-2)8-7-13-9(11(16)17)5-6-10(12)15/h9,13H,3-8H2,1-2H3,(H2,12,15)(H,16,17)/t9-/m0/s1. The molecule has 17 heavy (non-hydrogen) atoms. The van der Waals surface area contributed by atoms with Crippen LogP contribution in [0.4, 0.5) is 0 Å². The largest absolute Gasteiger partial charge is 0.480 e. The Labute approximate surface area is 102 Å². The van der Waals surface area contributed by atoms with Crippen molar-refractivity contribution in [1.29, 1.82) is 0 Å². The van der Waals surface area contributed by atoms with E-state index >= 15 is 0 Å². The van der Waals surface area contributed by atoms with Crippen molar-refractivity contribution in [3.05, 3.63) is 0 Å². The summed E-state index contributed by atoms with van der Waals surface area (Å²) in [4.78, 5) is 23.7. The number of nitrogens with one attached hydrogen (secondary N) is 1. The lowest BCUT2D eigenvalue weighted by atomic mass is 10.1. The van der Waals surface area contributed by atoms with Crippen LogP contribution in [0.2, 0.25) is 0 Å². The lowest BCUT2D eigenvalue weighted by Gasteiger charge is -2.20. The Hall–Kier alpha value is -1.14. The van der Waals surface area contributed by atoms with Gasteiger partial charge in [0.05, 0.1) is 0 Å². The van der Waals surface area contributed by atoms with Crippen LogP contribution in [-0.4, -0.2) is 54.1 Å². The number of amides is 1. The summed E-state index contributed by atoms with van der Waals surface area (Å²) in [6, 6.07) is -0.696. The predicted molar refractivity (Wildman–Crippen MR) is 65.6 cm³/mol. The molecule has 1 amide bonds. The second kappa shape index (κ2) is 8.95. The van der Waals surface area contributed by atoms with Crippen LogP contribution in [0.15, 0.2) is 0 Å². The van der Waals surface area contributed by atoms with E-state index in [0.717, 1.165) is 19.6 Å². The van der Waals surface area contributed by atoms with Crippen LogP contribution in [0.3, 0.4) is 0 Å². The fraction of sp³-hybridized carbons (Fsp3) is 0.818. The molecule has 0 unspecified atom stereocenters. The second-order valence-electron chi connectivity index (χ2n) is 3.88. The summed E-state index contributed by atoms with van der Waals surface area (Å²) in [5, 5.41) is 11.9. The molecule has 4 N–H and O–H groups in total. The first kappa shape index (κ1) is 15.9. The number of nitrogens with zero attached hydrogens (tertiary/aromatic N) is 1. The van der Waals surface area contributed by atoms with Crippen molar-refractivity contribution in [1.82, 2.24) is 10.2 Å². The summed E-state index contributed by atoms with van der Waals surface area (Å²) < 4.78 is 0. The monoisotopic (exact) mass is 245 g/mol. The fourth-order valence-electron chi connectivity index (χ4n) is 1.54. The molecule has 0 aliphatic heterocycles. The van der Waals surface area contributed by atoms with Crippen LogP contribution in [0.5, 0.6) is 0 Å². The molecule has 0 heterocycles. The van der Waals surface area contributed by atoms with Gasteiger partial charge < -0.3 is 21.1 Å². The summed E-state index contributed by atoms with van der Waals surface area (Å²) in [5.74, 6) is -1.41. The van der Waals surface area contributed by atoms with Crippen molar-refractivity contribution in [3.63, 3.8) is 0 Å². The van der Waals surface area contributed by atoms with Crippen LogP contribution in [0, 0.1) is 0 Å². The van der Waals surface area contributed by atoms with Crippen molar-refractivity contribution in [2.45, 2.75) is 32.7 Å². The number of aliphatic carboxylic acids is 1. The average molecular weight is 245 g/mol. The minimum absolute atomic E-state index is 0.0925. The molecule has 0 radical (unpaired) electrons. The van der Waals surface area contributed by atoms with Gasteiger partial charge in [0.15, 0.2) is 0 Å². The van der Waals surface area contributed by atoms with Gasteiger partial charge in [0.2, 0.25) is 5.91 Å². The van der Waals surface area contributed by atoms with E-state index in [4.69, 9.17) is 10.8 Å². The van der Waals surface area contributed by atoms with Crippen molar-refractivity contribution in [2.75, 3.05) is 26.2 Å². The molecule has 1 atom stereocenters. The van der Waals surface area contributed by atoms with Gasteiger partial charge in [0.1, 0.15) is 6.04 Å². The second-order valence-corrected chi connectivity index (χ2v) is 3.88. The highest BCUT2D eigenvalue weighted by atomic mass is 16.4. The van der Waals surface area contributed by atoms with Crippen molar-refractivity contribution >= 4 is 11.9 Å². The fourth-order valence-corrected chi connectivity index (χ4v) is 1.54. The van der Waals surface area contributed by atoms with E-state index in [1.165, 1.54) is 0 Å². The van der Waals surface area contributed by atoms with E-state index < -0.39 is 17.9 Å². The number of nitrogens with two attached hydrogens (primary N) is 1. The number of primary amides is 1. The molecule has 6 nitrogen and oxygen atoms in total. The van der Waals surface area contributed by atoms with Crippen LogP contribution < -0.4 is 11.1 Å². The van der Waals surface area contributed by atoms with Gasteiger partial charge in [0.25, 0.3) is 0 Å². The number of hydrogen-bond donors (Lipinski definition) is 3. The normalized spacial score (nSPS) is 12.6.